The van der Waals surface area contributed by atoms with Crippen molar-refractivity contribution in [1.29, 1.82) is 0 Å². The van der Waals surface area contributed by atoms with Crippen molar-refractivity contribution in [2.75, 3.05) is 13.7 Å². The molecule has 0 heterocycles. The molecule has 0 bridgehead atoms. The number of non-ortho nitro benzene ring substituents is 1. The van der Waals surface area contributed by atoms with Crippen LogP contribution >= 0.6 is 15.9 Å². The standard InChI is InChI=1S/C29H21BrN2O8/c1-38-28-15-19(7-9-21-10-12-23(31(34)35)17-25(21)32(36)37)8-13-27(28)40-29(33)18-39-26-14-11-22(16-24(26)30)20-5-3-2-4-6-20/h2-17H,18H2,1H3/b9-7+. The number of nitro groups is 2. The molecule has 40 heavy (non-hydrogen) atoms. The first-order chi connectivity index (χ1) is 19.2. The van der Waals surface area contributed by atoms with Crippen molar-refractivity contribution >= 4 is 45.4 Å². The van der Waals surface area contributed by atoms with Gasteiger partial charge in [-0.15, -0.1) is 0 Å². The molecule has 4 aromatic rings. The van der Waals surface area contributed by atoms with Crippen LogP contribution in [0.15, 0.2) is 89.4 Å². The van der Waals surface area contributed by atoms with Gasteiger partial charge in [0.1, 0.15) is 5.75 Å². The maximum Gasteiger partial charge on any atom is 0.349 e. The van der Waals surface area contributed by atoms with Gasteiger partial charge in [-0.05, 0) is 69.0 Å². The number of rotatable bonds is 10. The molecule has 11 heteroatoms. The molecule has 10 nitrogen and oxygen atoms in total. The number of carbonyl (C=O) groups excluding carboxylic acids is 1. The van der Waals surface area contributed by atoms with E-state index in [1.807, 2.05) is 42.5 Å². The lowest BCUT2D eigenvalue weighted by Crippen LogP contribution is -2.18. The summed E-state index contributed by atoms with van der Waals surface area (Å²) in [4.78, 5) is 33.4. The van der Waals surface area contributed by atoms with E-state index in [2.05, 4.69) is 15.9 Å². The number of ether oxygens (including phenoxy) is 3. The number of hydrogen-bond donors (Lipinski definition) is 0. The van der Waals surface area contributed by atoms with E-state index in [-0.39, 0.29) is 29.4 Å². The zero-order valence-corrected chi connectivity index (χ0v) is 22.6. The highest BCUT2D eigenvalue weighted by Crippen LogP contribution is 2.32. The van der Waals surface area contributed by atoms with Gasteiger partial charge in [-0.3, -0.25) is 20.2 Å². The second-order valence-electron chi connectivity index (χ2n) is 8.27. The van der Waals surface area contributed by atoms with Gasteiger partial charge in [0, 0.05) is 6.07 Å². The molecule has 0 amide bonds. The van der Waals surface area contributed by atoms with Crippen molar-refractivity contribution < 1.29 is 28.9 Å². The summed E-state index contributed by atoms with van der Waals surface area (Å²) in [5.74, 6) is 0.238. The van der Waals surface area contributed by atoms with Crippen molar-refractivity contribution in [3.63, 3.8) is 0 Å². The van der Waals surface area contributed by atoms with Crippen molar-refractivity contribution in [3.8, 4) is 28.4 Å². The summed E-state index contributed by atoms with van der Waals surface area (Å²) in [7, 11) is 1.41. The fraction of sp³-hybridized carbons (Fsp3) is 0.0690. The Balaban J connectivity index is 1.42. The van der Waals surface area contributed by atoms with Crippen LogP contribution in [0, 0.1) is 20.2 Å². The minimum Gasteiger partial charge on any atom is -0.493 e. The summed E-state index contributed by atoms with van der Waals surface area (Å²) in [5, 5.41) is 22.3. The molecule has 0 fully saturated rings. The highest BCUT2D eigenvalue weighted by molar-refractivity contribution is 9.10. The molecule has 4 rings (SSSR count). The normalized spacial score (nSPS) is 10.8. The second-order valence-corrected chi connectivity index (χ2v) is 9.13. The van der Waals surface area contributed by atoms with Gasteiger partial charge in [0.15, 0.2) is 18.1 Å². The predicted octanol–water partition coefficient (Wildman–Crippen LogP) is 7.10. The van der Waals surface area contributed by atoms with Crippen LogP contribution in [0.4, 0.5) is 11.4 Å². The van der Waals surface area contributed by atoms with Crippen LogP contribution in [0.2, 0.25) is 0 Å². The van der Waals surface area contributed by atoms with Crippen molar-refractivity contribution in [2.24, 2.45) is 0 Å². The molecular formula is C29H21BrN2O8. The predicted molar refractivity (Wildman–Crippen MR) is 152 cm³/mol. The molecular weight excluding hydrogens is 584 g/mol. The Hall–Kier alpha value is -5.03. The Labute approximate surface area is 236 Å². The summed E-state index contributed by atoms with van der Waals surface area (Å²) in [6.07, 6.45) is 3.03. The molecule has 4 aromatic carbocycles. The smallest absolute Gasteiger partial charge is 0.349 e. The Morgan fingerprint density at radius 2 is 1.57 bits per heavy atom. The van der Waals surface area contributed by atoms with Crippen LogP contribution in [0.5, 0.6) is 17.2 Å². The quantitative estimate of drug-likeness (QED) is 0.0615. The van der Waals surface area contributed by atoms with Gasteiger partial charge in [0.25, 0.3) is 11.4 Å². The van der Waals surface area contributed by atoms with Crippen molar-refractivity contribution in [3.05, 3.63) is 121 Å². The van der Waals surface area contributed by atoms with Crippen molar-refractivity contribution in [2.45, 2.75) is 0 Å². The third-order valence-electron chi connectivity index (χ3n) is 5.67. The van der Waals surface area contributed by atoms with Crippen LogP contribution < -0.4 is 14.2 Å². The van der Waals surface area contributed by atoms with Crippen LogP contribution in [-0.4, -0.2) is 29.5 Å². The second kappa shape index (κ2) is 12.7. The van der Waals surface area contributed by atoms with E-state index in [0.717, 1.165) is 17.2 Å². The molecule has 0 aliphatic rings. The monoisotopic (exact) mass is 604 g/mol. The van der Waals surface area contributed by atoms with E-state index >= 15 is 0 Å². The fourth-order valence-electron chi connectivity index (χ4n) is 3.72. The molecule has 0 aliphatic heterocycles. The lowest BCUT2D eigenvalue weighted by molar-refractivity contribution is -0.394. The first-order valence-corrected chi connectivity index (χ1v) is 12.5. The fourth-order valence-corrected chi connectivity index (χ4v) is 4.21. The number of esters is 1. The number of halogens is 1. The molecule has 0 aromatic heterocycles. The summed E-state index contributed by atoms with van der Waals surface area (Å²) >= 11 is 3.48. The number of carbonyl (C=O) groups is 1. The maximum absolute atomic E-state index is 12.5. The minimum atomic E-state index is -0.698. The van der Waals surface area contributed by atoms with Gasteiger partial charge < -0.3 is 14.2 Å². The first-order valence-electron chi connectivity index (χ1n) is 11.7. The third kappa shape index (κ3) is 6.88. The molecule has 0 spiro atoms. The van der Waals surface area contributed by atoms with Gasteiger partial charge in [0.05, 0.1) is 33.1 Å². The Bertz CT molecular complexity index is 1610. The molecule has 0 atom stereocenters. The topological polar surface area (TPSA) is 131 Å². The Morgan fingerprint density at radius 1 is 0.825 bits per heavy atom. The zero-order chi connectivity index (χ0) is 28.6. The summed E-state index contributed by atoms with van der Waals surface area (Å²) in [6.45, 7) is -0.349. The maximum atomic E-state index is 12.5. The van der Waals surface area contributed by atoms with E-state index in [1.165, 1.54) is 31.4 Å². The number of nitro benzene ring substituents is 2. The number of nitrogens with zero attached hydrogens (tertiary/aromatic N) is 2. The van der Waals surface area contributed by atoms with Crippen LogP contribution in [0.25, 0.3) is 23.3 Å². The van der Waals surface area contributed by atoms with Gasteiger partial charge in [-0.25, -0.2) is 4.79 Å². The Kier molecular flexibility index (Phi) is 8.87. The molecule has 0 saturated carbocycles. The highest BCUT2D eigenvalue weighted by atomic mass is 79.9. The van der Waals surface area contributed by atoms with E-state index < -0.39 is 21.5 Å². The number of benzene rings is 4. The highest BCUT2D eigenvalue weighted by Gasteiger charge is 2.18. The Morgan fingerprint density at radius 3 is 2.25 bits per heavy atom. The average molecular weight is 605 g/mol. The molecule has 0 aliphatic carbocycles. The summed E-state index contributed by atoms with van der Waals surface area (Å²) < 4.78 is 17.1. The summed E-state index contributed by atoms with van der Waals surface area (Å²) in [6, 6.07) is 23.5. The van der Waals surface area contributed by atoms with Crippen LogP contribution in [0.3, 0.4) is 0 Å². The molecule has 202 valence electrons. The lowest BCUT2D eigenvalue weighted by Gasteiger charge is -2.12. The van der Waals surface area contributed by atoms with Gasteiger partial charge in [0.2, 0.25) is 0 Å². The van der Waals surface area contributed by atoms with E-state index in [9.17, 15) is 25.0 Å². The van der Waals surface area contributed by atoms with Crippen molar-refractivity contribution in [1.82, 2.24) is 0 Å². The molecule has 0 N–H and O–H groups in total. The summed E-state index contributed by atoms with van der Waals surface area (Å²) in [5.41, 5.74) is 2.03. The lowest BCUT2D eigenvalue weighted by atomic mass is 10.1. The third-order valence-corrected chi connectivity index (χ3v) is 6.29. The number of hydrogen-bond acceptors (Lipinski definition) is 8. The van der Waals surface area contributed by atoms with Gasteiger partial charge in [-0.1, -0.05) is 48.5 Å². The van der Waals surface area contributed by atoms with Crippen LogP contribution in [-0.2, 0) is 4.79 Å². The average Bonchev–Trinajstić information content (AvgIpc) is 2.96. The number of methoxy groups -OCH3 is 1. The van der Waals surface area contributed by atoms with Gasteiger partial charge in [-0.2, -0.15) is 0 Å². The minimum absolute atomic E-state index is 0.160. The molecule has 0 radical (unpaired) electrons. The first kappa shape index (κ1) is 28.0. The van der Waals surface area contributed by atoms with E-state index in [0.29, 0.717) is 15.8 Å². The molecule has 0 saturated heterocycles. The van der Waals surface area contributed by atoms with Crippen LogP contribution in [0.1, 0.15) is 11.1 Å². The SMILES string of the molecule is COc1cc(/C=C/c2ccc([N+](=O)[O-])cc2[N+](=O)[O-])ccc1OC(=O)COc1ccc(-c2ccccc2)cc1Br. The van der Waals surface area contributed by atoms with E-state index in [4.69, 9.17) is 14.2 Å². The van der Waals surface area contributed by atoms with E-state index in [1.54, 1.807) is 24.3 Å². The van der Waals surface area contributed by atoms with Gasteiger partial charge >= 0.3 is 5.97 Å². The zero-order valence-electron chi connectivity index (χ0n) is 21.0. The largest absolute Gasteiger partial charge is 0.493 e. The molecule has 0 unspecified atom stereocenters.